The van der Waals surface area contributed by atoms with Gasteiger partial charge >= 0.3 is 0 Å². The zero-order valence-corrected chi connectivity index (χ0v) is 14.2. The summed E-state index contributed by atoms with van der Waals surface area (Å²) in [6.07, 6.45) is 2.96. The number of benzene rings is 2. The lowest BCUT2D eigenvalue weighted by Gasteiger charge is -2.10. The number of rotatable bonds is 7. The molecule has 1 N–H and O–H groups in total. The van der Waals surface area contributed by atoms with E-state index in [1.165, 1.54) is 20.3 Å². The largest absolute Gasteiger partial charge is 0.493 e. The van der Waals surface area contributed by atoms with Crippen molar-refractivity contribution in [2.24, 2.45) is 0 Å². The summed E-state index contributed by atoms with van der Waals surface area (Å²) in [6.45, 7) is 0.294. The summed E-state index contributed by atoms with van der Waals surface area (Å²) in [6, 6.07) is 12.9. The number of hydroxylamine groups is 1. The highest BCUT2D eigenvalue weighted by Crippen LogP contribution is 2.36. The molecule has 2 aromatic carbocycles. The van der Waals surface area contributed by atoms with E-state index in [9.17, 15) is 4.79 Å². The summed E-state index contributed by atoms with van der Waals surface area (Å²) >= 11 is 6.12. The van der Waals surface area contributed by atoms with Gasteiger partial charge < -0.3 is 9.47 Å². The van der Waals surface area contributed by atoms with Gasteiger partial charge in [0.15, 0.2) is 11.5 Å². The Balaban J connectivity index is 1.92. The Bertz CT molecular complexity index is 716. The first-order chi connectivity index (χ1) is 11.6. The minimum absolute atomic E-state index is 0.294. The molecule has 126 valence electrons. The smallest absolute Gasteiger partial charge is 0.267 e. The lowest BCUT2D eigenvalue weighted by molar-refractivity contribution is -0.129. The molecular weight excluding hydrogens is 330 g/mol. The first-order valence-corrected chi connectivity index (χ1v) is 7.57. The second kappa shape index (κ2) is 8.96. The highest BCUT2D eigenvalue weighted by atomic mass is 35.5. The van der Waals surface area contributed by atoms with Crippen molar-refractivity contribution in [3.05, 3.63) is 64.7 Å². The Morgan fingerprint density at radius 2 is 1.92 bits per heavy atom. The molecule has 0 aliphatic rings. The van der Waals surface area contributed by atoms with Gasteiger partial charge in [-0.15, -0.1) is 0 Å². The molecule has 0 atom stereocenters. The molecule has 0 saturated carbocycles. The number of nitrogens with one attached hydrogen (secondary N) is 1. The molecule has 0 aromatic heterocycles. The van der Waals surface area contributed by atoms with Crippen LogP contribution in [0.1, 0.15) is 11.1 Å². The molecule has 0 saturated heterocycles. The molecule has 0 unspecified atom stereocenters. The van der Waals surface area contributed by atoms with Crippen LogP contribution in [0.4, 0.5) is 0 Å². The van der Waals surface area contributed by atoms with Crippen LogP contribution in [0.3, 0.4) is 0 Å². The summed E-state index contributed by atoms with van der Waals surface area (Å²) in [5, 5.41) is 0.400. The summed E-state index contributed by atoms with van der Waals surface area (Å²) in [5.41, 5.74) is 4.02. The van der Waals surface area contributed by atoms with Gasteiger partial charge in [0.2, 0.25) is 0 Å². The Labute approximate surface area is 145 Å². The molecule has 2 rings (SSSR count). The van der Waals surface area contributed by atoms with E-state index < -0.39 is 0 Å². The predicted octanol–water partition coefficient (Wildman–Crippen LogP) is 3.62. The van der Waals surface area contributed by atoms with Crippen LogP contribution in [0.15, 0.2) is 48.5 Å². The highest BCUT2D eigenvalue weighted by molar-refractivity contribution is 6.32. The third-order valence-electron chi connectivity index (χ3n) is 3.14. The molecular formula is C18H18ClNO4. The van der Waals surface area contributed by atoms with Gasteiger partial charge in [-0.05, 0) is 29.3 Å². The molecule has 0 bridgehead atoms. The Morgan fingerprint density at radius 3 is 2.58 bits per heavy atom. The second-order valence-electron chi connectivity index (χ2n) is 4.81. The van der Waals surface area contributed by atoms with Crippen molar-refractivity contribution in [1.82, 2.24) is 5.48 Å². The Morgan fingerprint density at radius 1 is 1.17 bits per heavy atom. The van der Waals surface area contributed by atoms with Crippen LogP contribution in [-0.2, 0) is 16.2 Å². The molecule has 24 heavy (non-hydrogen) atoms. The van der Waals surface area contributed by atoms with E-state index >= 15 is 0 Å². The fraction of sp³-hybridized carbons (Fsp3) is 0.167. The number of carbonyl (C=O) groups excluding carboxylic acids is 1. The van der Waals surface area contributed by atoms with Crippen molar-refractivity contribution >= 4 is 23.6 Å². The van der Waals surface area contributed by atoms with Gasteiger partial charge in [0.25, 0.3) is 5.91 Å². The van der Waals surface area contributed by atoms with E-state index in [1.54, 1.807) is 18.2 Å². The zero-order valence-electron chi connectivity index (χ0n) is 13.4. The Hall–Kier alpha value is -2.50. The number of carbonyl (C=O) groups is 1. The van der Waals surface area contributed by atoms with Crippen molar-refractivity contribution in [2.75, 3.05) is 14.2 Å². The van der Waals surface area contributed by atoms with Gasteiger partial charge in [0.05, 0.1) is 25.8 Å². The van der Waals surface area contributed by atoms with Crippen LogP contribution < -0.4 is 15.0 Å². The predicted molar refractivity (Wildman–Crippen MR) is 93.0 cm³/mol. The Kier molecular flexibility index (Phi) is 6.66. The summed E-state index contributed by atoms with van der Waals surface area (Å²) < 4.78 is 10.4. The first kappa shape index (κ1) is 17.8. The van der Waals surface area contributed by atoms with E-state index in [-0.39, 0.29) is 5.91 Å². The topological polar surface area (TPSA) is 56.8 Å². The fourth-order valence-corrected chi connectivity index (χ4v) is 2.30. The molecule has 0 fully saturated rings. The van der Waals surface area contributed by atoms with Crippen LogP contribution >= 0.6 is 11.6 Å². The quantitative estimate of drug-likeness (QED) is 0.614. The van der Waals surface area contributed by atoms with Gasteiger partial charge in [-0.3, -0.25) is 9.63 Å². The molecule has 0 spiro atoms. The third kappa shape index (κ3) is 5.01. The van der Waals surface area contributed by atoms with E-state index in [0.29, 0.717) is 28.7 Å². The lowest BCUT2D eigenvalue weighted by Crippen LogP contribution is -2.21. The maximum Gasteiger partial charge on any atom is 0.267 e. The maximum absolute atomic E-state index is 11.8. The maximum atomic E-state index is 11.8. The van der Waals surface area contributed by atoms with E-state index in [1.807, 2.05) is 30.3 Å². The fourth-order valence-electron chi connectivity index (χ4n) is 2.00. The van der Waals surface area contributed by atoms with Gasteiger partial charge in [0.1, 0.15) is 0 Å². The third-order valence-corrected chi connectivity index (χ3v) is 3.42. The average molecular weight is 348 g/mol. The van der Waals surface area contributed by atoms with E-state index in [4.69, 9.17) is 25.9 Å². The molecule has 1 amide bonds. The van der Waals surface area contributed by atoms with Crippen molar-refractivity contribution in [3.8, 4) is 11.5 Å². The number of halogens is 1. The van der Waals surface area contributed by atoms with Gasteiger partial charge in [0, 0.05) is 6.08 Å². The number of amides is 1. The first-order valence-electron chi connectivity index (χ1n) is 7.19. The van der Waals surface area contributed by atoms with Gasteiger partial charge in [-0.1, -0.05) is 41.9 Å². The number of ether oxygens (including phenoxy) is 2. The lowest BCUT2D eigenvalue weighted by atomic mass is 10.2. The van der Waals surface area contributed by atoms with Crippen LogP contribution in [0.25, 0.3) is 6.08 Å². The molecule has 6 heteroatoms. The minimum Gasteiger partial charge on any atom is -0.493 e. The standard InChI is InChI=1S/C18H18ClNO4/c1-22-16-11-14(10-15(19)18(16)23-2)8-9-17(21)20-24-12-13-6-4-3-5-7-13/h3-11H,12H2,1-2H3,(H,20,21)/b9-8+. The van der Waals surface area contributed by atoms with Crippen molar-refractivity contribution in [2.45, 2.75) is 6.61 Å². The van der Waals surface area contributed by atoms with Crippen LogP contribution in [0.5, 0.6) is 11.5 Å². The van der Waals surface area contributed by atoms with Crippen LogP contribution in [0, 0.1) is 0 Å². The average Bonchev–Trinajstić information content (AvgIpc) is 2.60. The summed E-state index contributed by atoms with van der Waals surface area (Å²) in [7, 11) is 3.03. The SMILES string of the molecule is COc1cc(/C=C/C(=O)NOCc2ccccc2)cc(Cl)c1OC. The van der Waals surface area contributed by atoms with Crippen molar-refractivity contribution in [1.29, 1.82) is 0 Å². The number of hydrogen-bond donors (Lipinski definition) is 1. The molecule has 2 aromatic rings. The molecule has 0 radical (unpaired) electrons. The molecule has 0 aliphatic carbocycles. The van der Waals surface area contributed by atoms with Crippen molar-refractivity contribution in [3.63, 3.8) is 0 Å². The normalized spacial score (nSPS) is 10.6. The highest BCUT2D eigenvalue weighted by Gasteiger charge is 2.09. The summed E-state index contributed by atoms with van der Waals surface area (Å²) in [5.74, 6) is 0.564. The molecule has 0 aliphatic heterocycles. The van der Waals surface area contributed by atoms with Gasteiger partial charge in [-0.25, -0.2) is 5.48 Å². The second-order valence-corrected chi connectivity index (χ2v) is 5.22. The van der Waals surface area contributed by atoms with Crippen LogP contribution in [-0.4, -0.2) is 20.1 Å². The summed E-state index contributed by atoms with van der Waals surface area (Å²) in [4.78, 5) is 16.9. The minimum atomic E-state index is -0.378. The monoisotopic (exact) mass is 347 g/mol. The number of methoxy groups -OCH3 is 2. The molecule has 5 nitrogen and oxygen atoms in total. The van der Waals surface area contributed by atoms with Crippen molar-refractivity contribution < 1.29 is 19.1 Å². The van der Waals surface area contributed by atoms with E-state index in [0.717, 1.165) is 5.56 Å². The van der Waals surface area contributed by atoms with E-state index in [2.05, 4.69) is 5.48 Å². The zero-order chi connectivity index (χ0) is 17.4. The van der Waals surface area contributed by atoms with Crippen LogP contribution in [0.2, 0.25) is 5.02 Å². The molecule has 0 heterocycles. The number of hydrogen-bond acceptors (Lipinski definition) is 4. The van der Waals surface area contributed by atoms with Gasteiger partial charge in [-0.2, -0.15) is 0 Å².